The number of carbonyl (C=O) groups is 1. The summed E-state index contributed by atoms with van der Waals surface area (Å²) in [6, 6.07) is 8.53. The lowest BCUT2D eigenvalue weighted by atomic mass is 10.2. The van der Waals surface area contributed by atoms with Gasteiger partial charge in [-0.15, -0.1) is 0 Å². The first-order valence-electron chi connectivity index (χ1n) is 7.31. The molecule has 3 rings (SSSR count). The van der Waals surface area contributed by atoms with Gasteiger partial charge in [-0.2, -0.15) is 4.99 Å². The fourth-order valence-electron chi connectivity index (χ4n) is 2.34. The molecule has 0 saturated heterocycles. The smallest absolute Gasteiger partial charge is 0.282 e. The maximum atomic E-state index is 13.8. The van der Waals surface area contributed by atoms with E-state index in [0.29, 0.717) is 24.0 Å². The fourth-order valence-corrected chi connectivity index (χ4v) is 3.95. The number of hydrogen-bond donors (Lipinski definition) is 0. The molecule has 3 aromatic rings. The Bertz CT molecular complexity index is 1010. The minimum absolute atomic E-state index is 0.265. The molecule has 1 amide bonds. The molecule has 0 bridgehead atoms. The summed E-state index contributed by atoms with van der Waals surface area (Å²) in [6.07, 6.45) is 0. The van der Waals surface area contributed by atoms with E-state index in [1.807, 2.05) is 22.8 Å². The monoisotopic (exact) mass is 426 g/mol. The van der Waals surface area contributed by atoms with Gasteiger partial charge in [0, 0.05) is 24.2 Å². The molecule has 0 aliphatic heterocycles. The molecule has 0 atom stereocenters. The highest BCUT2D eigenvalue weighted by atomic mass is 79.9. The summed E-state index contributed by atoms with van der Waals surface area (Å²) in [7, 11) is 1.58. The second-order valence-electron chi connectivity index (χ2n) is 5.18. The predicted molar refractivity (Wildman–Crippen MR) is 95.6 cm³/mol. The van der Waals surface area contributed by atoms with Crippen LogP contribution in [0.15, 0.2) is 45.9 Å². The van der Waals surface area contributed by atoms with Gasteiger partial charge in [-0.05, 0) is 30.3 Å². The fraction of sp³-hybridized carbons (Fsp3) is 0.176. The van der Waals surface area contributed by atoms with Crippen LogP contribution in [0.25, 0.3) is 10.2 Å². The Kier molecular flexibility index (Phi) is 5.41. The van der Waals surface area contributed by atoms with E-state index in [2.05, 4.69) is 20.9 Å². The van der Waals surface area contributed by atoms with Crippen molar-refractivity contribution in [3.05, 3.63) is 62.9 Å². The molecule has 0 aliphatic carbocycles. The van der Waals surface area contributed by atoms with Crippen molar-refractivity contribution in [1.29, 1.82) is 0 Å². The minimum Gasteiger partial charge on any atom is -0.383 e. The summed E-state index contributed by atoms with van der Waals surface area (Å²) < 4.78 is 35.6. The topological polar surface area (TPSA) is 43.6 Å². The number of rotatable bonds is 4. The van der Waals surface area contributed by atoms with Gasteiger partial charge < -0.3 is 9.30 Å². The second kappa shape index (κ2) is 7.55. The van der Waals surface area contributed by atoms with Crippen LogP contribution in [0, 0.1) is 11.6 Å². The van der Waals surface area contributed by atoms with Gasteiger partial charge >= 0.3 is 0 Å². The Hall–Kier alpha value is -1.90. The first kappa shape index (κ1) is 17.9. The third kappa shape index (κ3) is 3.86. The van der Waals surface area contributed by atoms with Gasteiger partial charge in [0.25, 0.3) is 5.91 Å². The van der Waals surface area contributed by atoms with Crippen molar-refractivity contribution >= 4 is 43.4 Å². The van der Waals surface area contributed by atoms with E-state index in [9.17, 15) is 13.6 Å². The summed E-state index contributed by atoms with van der Waals surface area (Å²) in [6.45, 7) is 0.935. The third-order valence-corrected chi connectivity index (χ3v) is 5.06. The molecule has 130 valence electrons. The summed E-state index contributed by atoms with van der Waals surface area (Å²) in [4.78, 5) is 16.8. The first-order valence-corrected chi connectivity index (χ1v) is 8.92. The number of hydrogen-bond acceptors (Lipinski definition) is 3. The molecule has 0 saturated carbocycles. The lowest BCUT2D eigenvalue weighted by Gasteiger charge is -2.04. The molecular weight excluding hydrogens is 414 g/mol. The zero-order valence-corrected chi connectivity index (χ0v) is 15.5. The molecule has 0 N–H and O–H groups in total. The van der Waals surface area contributed by atoms with E-state index >= 15 is 0 Å². The molecule has 4 nitrogen and oxygen atoms in total. The molecule has 0 radical (unpaired) electrons. The average molecular weight is 427 g/mol. The van der Waals surface area contributed by atoms with E-state index in [1.54, 1.807) is 7.11 Å². The molecule has 0 fully saturated rings. The van der Waals surface area contributed by atoms with Crippen LogP contribution in [-0.4, -0.2) is 24.2 Å². The van der Waals surface area contributed by atoms with Gasteiger partial charge in [-0.3, -0.25) is 4.79 Å². The van der Waals surface area contributed by atoms with Crippen molar-refractivity contribution in [3.8, 4) is 0 Å². The van der Waals surface area contributed by atoms with Crippen LogP contribution in [0.2, 0.25) is 0 Å². The number of nitrogens with zero attached hydrogens (tertiary/aromatic N) is 2. The molecule has 8 heteroatoms. The van der Waals surface area contributed by atoms with Crippen molar-refractivity contribution in [1.82, 2.24) is 4.57 Å². The minimum atomic E-state index is -0.930. The van der Waals surface area contributed by atoms with E-state index in [1.165, 1.54) is 11.3 Å². The maximum absolute atomic E-state index is 13.8. The summed E-state index contributed by atoms with van der Waals surface area (Å²) >= 11 is 4.73. The second-order valence-corrected chi connectivity index (χ2v) is 7.11. The van der Waals surface area contributed by atoms with E-state index < -0.39 is 17.5 Å². The van der Waals surface area contributed by atoms with Crippen molar-refractivity contribution in [2.24, 2.45) is 4.99 Å². The molecule has 0 unspecified atom stereocenters. The van der Waals surface area contributed by atoms with Crippen LogP contribution < -0.4 is 4.80 Å². The number of amides is 1. The number of ether oxygens (including phenoxy) is 1. The molecule has 1 heterocycles. The normalized spacial score (nSPS) is 12.1. The van der Waals surface area contributed by atoms with Crippen LogP contribution >= 0.6 is 27.3 Å². The standard InChI is InChI=1S/C17H13BrF2N2O2S/c1-24-7-6-22-14-5-2-10(18)8-15(14)25-17(22)21-16(23)12-4-3-11(19)9-13(12)20/h2-5,8-9H,6-7H2,1H3. The zero-order valence-electron chi connectivity index (χ0n) is 13.1. The van der Waals surface area contributed by atoms with Crippen LogP contribution in [-0.2, 0) is 11.3 Å². The molecule has 1 aromatic heterocycles. The number of thiazole rings is 1. The largest absolute Gasteiger partial charge is 0.383 e. The van der Waals surface area contributed by atoms with E-state index in [4.69, 9.17) is 4.74 Å². The predicted octanol–water partition coefficient (Wildman–Crippen LogP) is 4.13. The molecule has 0 aliphatic rings. The highest BCUT2D eigenvalue weighted by molar-refractivity contribution is 9.10. The van der Waals surface area contributed by atoms with Crippen LogP contribution in [0.5, 0.6) is 0 Å². The highest BCUT2D eigenvalue weighted by Crippen LogP contribution is 2.22. The lowest BCUT2D eigenvalue weighted by molar-refractivity contribution is 0.0993. The van der Waals surface area contributed by atoms with Gasteiger partial charge in [-0.25, -0.2) is 8.78 Å². The summed E-state index contributed by atoms with van der Waals surface area (Å²) in [5.74, 6) is -2.42. The molecule has 0 spiro atoms. The molecule has 25 heavy (non-hydrogen) atoms. The van der Waals surface area contributed by atoms with Crippen molar-refractivity contribution < 1.29 is 18.3 Å². The zero-order chi connectivity index (χ0) is 18.0. The Morgan fingerprint density at radius 2 is 2.08 bits per heavy atom. The van der Waals surface area contributed by atoms with Gasteiger partial charge in [0.2, 0.25) is 0 Å². The van der Waals surface area contributed by atoms with Crippen molar-refractivity contribution in [3.63, 3.8) is 0 Å². The van der Waals surface area contributed by atoms with Crippen LogP contribution in [0.1, 0.15) is 10.4 Å². The Morgan fingerprint density at radius 3 is 2.80 bits per heavy atom. The van der Waals surface area contributed by atoms with Gasteiger partial charge in [0.1, 0.15) is 11.6 Å². The average Bonchev–Trinajstić information content (AvgIpc) is 2.88. The van der Waals surface area contributed by atoms with Crippen LogP contribution in [0.3, 0.4) is 0 Å². The molecular formula is C17H13BrF2N2O2S. The Labute approximate surface area is 154 Å². The van der Waals surface area contributed by atoms with E-state index in [-0.39, 0.29) is 5.56 Å². The Morgan fingerprint density at radius 1 is 1.28 bits per heavy atom. The number of fused-ring (bicyclic) bond motifs is 1. The number of halogens is 3. The number of aromatic nitrogens is 1. The summed E-state index contributed by atoms with van der Waals surface area (Å²) in [5.41, 5.74) is 0.634. The number of carbonyl (C=O) groups excluding carboxylic acids is 1. The first-order chi connectivity index (χ1) is 12.0. The lowest BCUT2D eigenvalue weighted by Crippen LogP contribution is -2.19. The van der Waals surface area contributed by atoms with Crippen LogP contribution in [0.4, 0.5) is 8.78 Å². The Balaban J connectivity index is 2.12. The third-order valence-electron chi connectivity index (χ3n) is 3.52. The van der Waals surface area contributed by atoms with Crippen molar-refractivity contribution in [2.75, 3.05) is 13.7 Å². The van der Waals surface area contributed by atoms with Crippen molar-refractivity contribution in [2.45, 2.75) is 6.54 Å². The summed E-state index contributed by atoms with van der Waals surface area (Å²) in [5, 5.41) is 0. The molecule has 2 aromatic carbocycles. The number of methoxy groups -OCH3 is 1. The quantitative estimate of drug-likeness (QED) is 0.629. The van der Waals surface area contributed by atoms with Gasteiger partial charge in [-0.1, -0.05) is 27.3 Å². The highest BCUT2D eigenvalue weighted by Gasteiger charge is 2.13. The maximum Gasteiger partial charge on any atom is 0.282 e. The SMILES string of the molecule is COCCn1c(=NC(=O)c2ccc(F)cc2F)sc2cc(Br)ccc21. The van der Waals surface area contributed by atoms with E-state index in [0.717, 1.165) is 26.8 Å². The van der Waals surface area contributed by atoms with Gasteiger partial charge in [0.05, 0.1) is 22.4 Å². The number of benzene rings is 2. The van der Waals surface area contributed by atoms with Gasteiger partial charge in [0.15, 0.2) is 4.80 Å².